The quantitative estimate of drug-likeness (QED) is 0.319. The fraction of sp³-hybridized carbons (Fsp3) is 0.133. The Hall–Kier alpha value is -2.98. The molecule has 0 heterocycles. The molecule has 0 spiro atoms. The molecule has 0 unspecified atom stereocenters. The first-order valence-corrected chi connectivity index (χ1v) is 8.05. The predicted molar refractivity (Wildman–Crippen MR) is 95.2 cm³/mol. The molecule has 0 atom stereocenters. The smallest absolute Gasteiger partial charge is 0.283 e. The van der Waals surface area contributed by atoms with E-state index in [1.54, 1.807) is 12.1 Å². The van der Waals surface area contributed by atoms with E-state index in [1.165, 1.54) is 48.3 Å². The Morgan fingerprint density at radius 2 is 1.84 bits per heavy atom. The van der Waals surface area contributed by atoms with Gasteiger partial charge in [0.25, 0.3) is 11.4 Å². The summed E-state index contributed by atoms with van der Waals surface area (Å²) >= 11 is 1.20. The van der Waals surface area contributed by atoms with Gasteiger partial charge in [-0.3, -0.25) is 25.7 Å². The largest absolute Gasteiger partial charge is 0.396 e. The van der Waals surface area contributed by atoms with Crippen LogP contribution in [0.4, 0.5) is 17.1 Å². The Labute approximate surface area is 146 Å². The minimum absolute atomic E-state index is 0.0267. The van der Waals surface area contributed by atoms with Gasteiger partial charge in [0.05, 0.1) is 33.3 Å². The van der Waals surface area contributed by atoms with E-state index < -0.39 is 9.85 Å². The summed E-state index contributed by atoms with van der Waals surface area (Å²) in [5.41, 5.74) is 3.68. The summed E-state index contributed by atoms with van der Waals surface area (Å²) in [5, 5.41) is 34.5. The van der Waals surface area contributed by atoms with Gasteiger partial charge in [0.2, 0.25) is 0 Å². The summed E-state index contributed by atoms with van der Waals surface area (Å²) in [5.74, 6) is 0.371. The molecule has 0 radical (unpaired) electrons. The molecular weight excluding hydrogens is 348 g/mol. The standard InChI is InChI=1S/C15H14N4O5S/c20-7-8-25-15-6-1-11(9-14(15)19(23)24)10-16-17-12-2-4-13(5-3-12)18(21)22/h1-6,9-10,17,20H,7-8H2. The second kappa shape index (κ2) is 8.76. The minimum Gasteiger partial charge on any atom is -0.396 e. The van der Waals surface area contributed by atoms with Gasteiger partial charge in [0, 0.05) is 29.5 Å². The lowest BCUT2D eigenvalue weighted by molar-refractivity contribution is -0.387. The number of nitro groups is 2. The number of thioether (sulfide) groups is 1. The molecule has 9 nitrogen and oxygen atoms in total. The van der Waals surface area contributed by atoms with Gasteiger partial charge in [-0.15, -0.1) is 11.8 Å². The van der Waals surface area contributed by atoms with Crippen molar-refractivity contribution in [2.24, 2.45) is 5.10 Å². The van der Waals surface area contributed by atoms with Crippen molar-refractivity contribution in [2.45, 2.75) is 4.90 Å². The normalized spacial score (nSPS) is 10.8. The lowest BCUT2D eigenvalue weighted by atomic mass is 10.2. The van der Waals surface area contributed by atoms with Crippen LogP contribution in [0.25, 0.3) is 0 Å². The summed E-state index contributed by atoms with van der Waals surface area (Å²) in [6, 6.07) is 10.4. The summed E-state index contributed by atoms with van der Waals surface area (Å²) in [7, 11) is 0. The Balaban J connectivity index is 2.08. The molecule has 0 saturated heterocycles. The van der Waals surface area contributed by atoms with Gasteiger partial charge < -0.3 is 5.11 Å². The van der Waals surface area contributed by atoms with Crippen LogP contribution in [0.1, 0.15) is 5.56 Å². The van der Waals surface area contributed by atoms with Crippen molar-refractivity contribution in [1.82, 2.24) is 0 Å². The first-order chi connectivity index (χ1) is 12.0. The zero-order valence-electron chi connectivity index (χ0n) is 12.9. The van der Waals surface area contributed by atoms with Gasteiger partial charge in [-0.25, -0.2) is 0 Å². The first kappa shape index (κ1) is 18.4. The molecule has 2 N–H and O–H groups in total. The summed E-state index contributed by atoms with van der Waals surface area (Å²) < 4.78 is 0. The molecule has 0 saturated carbocycles. The highest BCUT2D eigenvalue weighted by molar-refractivity contribution is 7.99. The summed E-state index contributed by atoms with van der Waals surface area (Å²) in [4.78, 5) is 21.2. The highest BCUT2D eigenvalue weighted by atomic mass is 32.2. The third kappa shape index (κ3) is 5.26. The molecule has 0 aliphatic carbocycles. The fourth-order valence-corrected chi connectivity index (χ4v) is 2.63. The second-order valence-corrected chi connectivity index (χ2v) is 5.87. The SMILES string of the molecule is O=[N+]([O-])c1ccc(NN=Cc2ccc(SCCO)c([N+](=O)[O-])c2)cc1. The van der Waals surface area contributed by atoms with Crippen molar-refractivity contribution in [2.75, 3.05) is 17.8 Å². The van der Waals surface area contributed by atoms with E-state index in [0.29, 0.717) is 21.9 Å². The van der Waals surface area contributed by atoms with Gasteiger partial charge in [0.15, 0.2) is 0 Å². The van der Waals surface area contributed by atoms with Gasteiger partial charge in [-0.05, 0) is 18.2 Å². The Bertz CT molecular complexity index is 795. The van der Waals surface area contributed by atoms with E-state index in [4.69, 9.17) is 5.11 Å². The summed E-state index contributed by atoms with van der Waals surface area (Å²) in [6.45, 7) is -0.0653. The molecule has 0 bridgehead atoms. The van der Waals surface area contributed by atoms with Crippen molar-refractivity contribution in [1.29, 1.82) is 0 Å². The van der Waals surface area contributed by atoms with Gasteiger partial charge >= 0.3 is 0 Å². The number of anilines is 1. The molecule has 130 valence electrons. The number of nitrogens with one attached hydrogen (secondary N) is 1. The molecule has 10 heteroatoms. The minimum atomic E-state index is -0.497. The van der Waals surface area contributed by atoms with E-state index in [1.807, 2.05) is 0 Å². The molecule has 0 fully saturated rings. The van der Waals surface area contributed by atoms with Crippen molar-refractivity contribution < 1.29 is 15.0 Å². The maximum Gasteiger partial charge on any atom is 0.283 e. The maximum atomic E-state index is 11.1. The number of non-ortho nitro benzene ring substituents is 1. The molecule has 0 aliphatic heterocycles. The van der Waals surface area contributed by atoms with E-state index in [0.717, 1.165) is 0 Å². The summed E-state index contributed by atoms with van der Waals surface area (Å²) in [6.07, 6.45) is 1.41. The topological polar surface area (TPSA) is 131 Å². The molecular formula is C15H14N4O5S. The van der Waals surface area contributed by atoms with Gasteiger partial charge in [-0.2, -0.15) is 5.10 Å². The fourth-order valence-electron chi connectivity index (χ4n) is 1.87. The number of aliphatic hydroxyl groups excluding tert-OH is 1. The van der Waals surface area contributed by atoms with E-state index in [2.05, 4.69) is 10.5 Å². The van der Waals surface area contributed by atoms with Crippen LogP contribution in [0.2, 0.25) is 0 Å². The highest BCUT2D eigenvalue weighted by Crippen LogP contribution is 2.29. The number of hydrazone groups is 1. The van der Waals surface area contributed by atoms with Crippen LogP contribution >= 0.6 is 11.8 Å². The maximum absolute atomic E-state index is 11.1. The number of nitro benzene ring substituents is 2. The van der Waals surface area contributed by atoms with Crippen molar-refractivity contribution in [3.05, 3.63) is 68.3 Å². The molecule has 0 amide bonds. The number of nitrogens with zero attached hydrogens (tertiary/aromatic N) is 3. The van der Waals surface area contributed by atoms with Crippen LogP contribution in [0, 0.1) is 20.2 Å². The molecule has 2 aromatic rings. The van der Waals surface area contributed by atoms with Crippen LogP contribution in [-0.2, 0) is 0 Å². The van der Waals surface area contributed by atoms with Crippen LogP contribution in [0.3, 0.4) is 0 Å². The third-order valence-electron chi connectivity index (χ3n) is 3.01. The molecule has 2 rings (SSSR count). The average Bonchev–Trinajstić information content (AvgIpc) is 2.60. The molecule has 2 aromatic carbocycles. The van der Waals surface area contributed by atoms with E-state index in [-0.39, 0.29) is 18.0 Å². The van der Waals surface area contributed by atoms with Gasteiger partial charge in [0.1, 0.15) is 0 Å². The molecule has 0 aliphatic rings. The van der Waals surface area contributed by atoms with Crippen molar-refractivity contribution in [3.8, 4) is 0 Å². The van der Waals surface area contributed by atoms with Crippen LogP contribution in [0.15, 0.2) is 52.5 Å². The number of rotatable bonds is 8. The van der Waals surface area contributed by atoms with E-state index in [9.17, 15) is 20.2 Å². The highest BCUT2D eigenvalue weighted by Gasteiger charge is 2.14. The van der Waals surface area contributed by atoms with Crippen LogP contribution in [-0.4, -0.2) is 33.5 Å². The zero-order valence-corrected chi connectivity index (χ0v) is 13.7. The Morgan fingerprint density at radius 3 is 2.44 bits per heavy atom. The average molecular weight is 362 g/mol. The van der Waals surface area contributed by atoms with Crippen LogP contribution < -0.4 is 5.43 Å². The molecule has 25 heavy (non-hydrogen) atoms. The number of hydrogen-bond acceptors (Lipinski definition) is 8. The third-order valence-corrected chi connectivity index (χ3v) is 4.06. The Kier molecular flexibility index (Phi) is 6.43. The first-order valence-electron chi connectivity index (χ1n) is 7.07. The Morgan fingerprint density at radius 1 is 1.12 bits per heavy atom. The zero-order chi connectivity index (χ0) is 18.2. The molecule has 0 aromatic heterocycles. The monoisotopic (exact) mass is 362 g/mol. The number of benzene rings is 2. The number of hydrogen-bond donors (Lipinski definition) is 2. The second-order valence-electron chi connectivity index (χ2n) is 4.73. The van der Waals surface area contributed by atoms with Crippen molar-refractivity contribution in [3.63, 3.8) is 0 Å². The van der Waals surface area contributed by atoms with E-state index >= 15 is 0 Å². The predicted octanol–water partition coefficient (Wildman–Crippen LogP) is 3.03. The number of aliphatic hydroxyl groups is 1. The van der Waals surface area contributed by atoms with Crippen molar-refractivity contribution >= 4 is 35.0 Å². The lowest BCUT2D eigenvalue weighted by Crippen LogP contribution is -1.96. The van der Waals surface area contributed by atoms with Gasteiger partial charge in [-0.1, -0.05) is 6.07 Å². The lowest BCUT2D eigenvalue weighted by Gasteiger charge is -2.03. The van der Waals surface area contributed by atoms with Crippen LogP contribution in [0.5, 0.6) is 0 Å².